The van der Waals surface area contributed by atoms with Gasteiger partial charge in [-0.15, -0.1) is 0 Å². The molecule has 3 aromatic heterocycles. The highest BCUT2D eigenvalue weighted by Gasteiger charge is 2.29. The van der Waals surface area contributed by atoms with Crippen LogP contribution in [0.5, 0.6) is 11.5 Å². The van der Waals surface area contributed by atoms with Crippen LogP contribution in [0.4, 0.5) is 5.95 Å². The van der Waals surface area contributed by atoms with Crippen LogP contribution >= 0.6 is 23.2 Å². The highest BCUT2D eigenvalue weighted by Crippen LogP contribution is 2.46. The number of carbonyl (C=O) groups excluding carboxylic acids is 1. The Labute approximate surface area is 252 Å². The zero-order valence-corrected chi connectivity index (χ0v) is 24.6. The second-order valence-corrected chi connectivity index (χ2v) is 10.9. The van der Waals surface area contributed by atoms with Crippen molar-refractivity contribution in [2.45, 2.75) is 37.4 Å². The Morgan fingerprint density at radius 3 is 2.55 bits per heavy atom. The first-order valence-corrected chi connectivity index (χ1v) is 14.3. The molecule has 1 saturated carbocycles. The van der Waals surface area contributed by atoms with Crippen LogP contribution in [0.3, 0.4) is 0 Å². The van der Waals surface area contributed by atoms with E-state index in [1.165, 1.54) is 20.3 Å². The summed E-state index contributed by atoms with van der Waals surface area (Å²) < 4.78 is 18.6. The number of aromatic nitrogens is 5. The predicted molar refractivity (Wildman–Crippen MR) is 160 cm³/mol. The molecule has 4 aromatic rings. The van der Waals surface area contributed by atoms with E-state index in [2.05, 4.69) is 27.3 Å². The van der Waals surface area contributed by atoms with Gasteiger partial charge >= 0.3 is 0 Å². The molecule has 4 heterocycles. The van der Waals surface area contributed by atoms with Crippen molar-refractivity contribution in [3.8, 4) is 34.0 Å². The molecule has 1 aromatic carbocycles. The molecule has 1 aliphatic heterocycles. The molecule has 42 heavy (non-hydrogen) atoms. The van der Waals surface area contributed by atoms with Crippen LogP contribution in [-0.4, -0.2) is 70.2 Å². The zero-order chi connectivity index (χ0) is 29.4. The quantitative estimate of drug-likeness (QED) is 0.250. The number of fused-ring (bicyclic) bond motifs is 1. The molecular formula is C29H29Cl2N7O4. The molecule has 218 valence electrons. The number of ether oxygens (including phenoxy) is 3. The fourth-order valence-electron chi connectivity index (χ4n) is 5.01. The molecule has 0 spiro atoms. The van der Waals surface area contributed by atoms with E-state index >= 15 is 0 Å². The lowest BCUT2D eigenvalue weighted by molar-refractivity contribution is -0.117. The van der Waals surface area contributed by atoms with E-state index in [1.807, 2.05) is 16.9 Å². The predicted octanol–water partition coefficient (Wildman–Crippen LogP) is 5.09. The Balaban J connectivity index is 1.46. The molecule has 11 nitrogen and oxygen atoms in total. The normalized spacial score (nSPS) is 18.5. The van der Waals surface area contributed by atoms with Crippen LogP contribution in [-0.2, 0) is 9.53 Å². The third kappa shape index (κ3) is 5.47. The maximum Gasteiger partial charge on any atom is 0.243 e. The number of hydrogen-bond donors (Lipinski definition) is 2. The summed E-state index contributed by atoms with van der Waals surface area (Å²) in [5.41, 5.74) is 2.95. The van der Waals surface area contributed by atoms with Crippen molar-refractivity contribution >= 4 is 46.0 Å². The average molecular weight is 611 g/mol. The molecule has 13 heteroatoms. The maximum atomic E-state index is 12.0. The summed E-state index contributed by atoms with van der Waals surface area (Å²) in [5, 5.41) is 12.2. The number of benzene rings is 1. The summed E-state index contributed by atoms with van der Waals surface area (Å²) in [5.74, 6) is 0.940. The van der Waals surface area contributed by atoms with Crippen LogP contribution < -0.4 is 20.1 Å². The first-order valence-electron chi connectivity index (χ1n) is 13.5. The van der Waals surface area contributed by atoms with Crippen LogP contribution in [0.15, 0.2) is 43.4 Å². The monoisotopic (exact) mass is 609 g/mol. The number of rotatable bonds is 9. The van der Waals surface area contributed by atoms with Gasteiger partial charge in [0.05, 0.1) is 60.9 Å². The SMILES string of the molecule is C=CC(=O)N[C@H]1CCOC[C@H]1Nc1ncc2cc(-c3c(Cl)c(OC)cc(OC)c3Cl)nc(-c3cnn(C4CC4)c3)c2n1. The summed E-state index contributed by atoms with van der Waals surface area (Å²) in [7, 11) is 3.05. The molecule has 2 atom stereocenters. The highest BCUT2D eigenvalue weighted by molar-refractivity contribution is 6.41. The van der Waals surface area contributed by atoms with Gasteiger partial charge in [-0.05, 0) is 31.4 Å². The molecule has 0 bridgehead atoms. The number of pyridine rings is 1. The first kappa shape index (κ1) is 28.2. The summed E-state index contributed by atoms with van der Waals surface area (Å²) in [4.78, 5) is 26.5. The highest BCUT2D eigenvalue weighted by atomic mass is 35.5. The molecular weight excluding hydrogens is 581 g/mol. The van der Waals surface area contributed by atoms with Gasteiger partial charge in [0.2, 0.25) is 11.9 Å². The summed E-state index contributed by atoms with van der Waals surface area (Å²) in [6.07, 6.45) is 9.55. The number of nitrogens with one attached hydrogen (secondary N) is 2. The smallest absolute Gasteiger partial charge is 0.243 e. The maximum absolute atomic E-state index is 12.0. The molecule has 1 saturated heterocycles. The van der Waals surface area contributed by atoms with Gasteiger partial charge in [0.15, 0.2) is 0 Å². The summed E-state index contributed by atoms with van der Waals surface area (Å²) in [6, 6.07) is 3.44. The van der Waals surface area contributed by atoms with Gasteiger partial charge in [-0.3, -0.25) is 9.48 Å². The minimum atomic E-state index is -0.244. The molecule has 0 unspecified atom stereocenters. The topological polar surface area (TPSA) is 125 Å². The number of carbonyl (C=O) groups is 1. The molecule has 0 radical (unpaired) electrons. The number of anilines is 1. The van der Waals surface area contributed by atoms with Gasteiger partial charge in [-0.25, -0.2) is 15.0 Å². The Morgan fingerprint density at radius 2 is 1.86 bits per heavy atom. The van der Waals surface area contributed by atoms with E-state index < -0.39 is 0 Å². The van der Waals surface area contributed by atoms with E-state index in [0.29, 0.717) is 81.0 Å². The minimum Gasteiger partial charge on any atom is -0.495 e. The van der Waals surface area contributed by atoms with E-state index in [1.54, 1.807) is 18.5 Å². The van der Waals surface area contributed by atoms with Gasteiger partial charge in [0.25, 0.3) is 0 Å². The Morgan fingerprint density at radius 1 is 1.10 bits per heavy atom. The fourth-order valence-corrected chi connectivity index (χ4v) is 5.70. The second kappa shape index (κ2) is 11.7. The zero-order valence-electron chi connectivity index (χ0n) is 23.1. The largest absolute Gasteiger partial charge is 0.495 e. The number of nitrogens with zero attached hydrogens (tertiary/aromatic N) is 5. The van der Waals surface area contributed by atoms with Crippen LogP contribution in [0, 0.1) is 0 Å². The van der Waals surface area contributed by atoms with E-state index in [-0.39, 0.29) is 18.0 Å². The average Bonchev–Trinajstić information content (AvgIpc) is 3.74. The Hall–Kier alpha value is -3.93. The Bertz CT molecular complexity index is 1650. The third-order valence-electron chi connectivity index (χ3n) is 7.38. The molecule has 2 aliphatic rings. The molecule has 1 amide bonds. The van der Waals surface area contributed by atoms with E-state index in [0.717, 1.165) is 18.4 Å². The van der Waals surface area contributed by atoms with Gasteiger partial charge in [-0.2, -0.15) is 5.10 Å². The lowest BCUT2D eigenvalue weighted by Crippen LogP contribution is -2.52. The first-order chi connectivity index (χ1) is 20.4. The van der Waals surface area contributed by atoms with Crippen molar-refractivity contribution in [2.75, 3.05) is 32.8 Å². The van der Waals surface area contributed by atoms with Gasteiger partial charge in [0, 0.05) is 41.6 Å². The lowest BCUT2D eigenvalue weighted by atomic mass is 10.0. The second-order valence-electron chi connectivity index (χ2n) is 10.1. The van der Waals surface area contributed by atoms with Crippen molar-refractivity contribution in [2.24, 2.45) is 0 Å². The Kier molecular flexibility index (Phi) is 7.89. The molecule has 6 rings (SSSR count). The molecule has 2 N–H and O–H groups in total. The van der Waals surface area contributed by atoms with Gasteiger partial charge in [0.1, 0.15) is 22.7 Å². The van der Waals surface area contributed by atoms with Crippen molar-refractivity contribution in [1.82, 2.24) is 30.0 Å². The van der Waals surface area contributed by atoms with Gasteiger partial charge < -0.3 is 24.8 Å². The van der Waals surface area contributed by atoms with Crippen molar-refractivity contribution in [3.05, 3.63) is 53.4 Å². The van der Waals surface area contributed by atoms with Crippen molar-refractivity contribution in [1.29, 1.82) is 0 Å². The fraction of sp³-hybridized carbons (Fsp3) is 0.345. The molecule has 2 fully saturated rings. The summed E-state index contributed by atoms with van der Waals surface area (Å²) in [6.45, 7) is 4.48. The van der Waals surface area contributed by atoms with Crippen molar-refractivity contribution < 1.29 is 19.0 Å². The lowest BCUT2D eigenvalue weighted by Gasteiger charge is -2.32. The van der Waals surface area contributed by atoms with Crippen LogP contribution in [0.2, 0.25) is 10.0 Å². The van der Waals surface area contributed by atoms with E-state index in [9.17, 15) is 4.79 Å². The van der Waals surface area contributed by atoms with Crippen molar-refractivity contribution in [3.63, 3.8) is 0 Å². The number of methoxy groups -OCH3 is 2. The number of amides is 1. The third-order valence-corrected chi connectivity index (χ3v) is 8.13. The minimum absolute atomic E-state index is 0.174. The van der Waals surface area contributed by atoms with Crippen LogP contribution in [0.1, 0.15) is 25.3 Å². The standard InChI is InChI=1S/C29H29Cl2N7O4/c1-4-23(39)34-18-7-8-42-14-20(18)36-29-32-11-15-9-19(24-25(30)21(40-2)10-22(41-3)26(24)31)35-28(27(15)37-29)16-12-33-38(13-16)17-5-6-17/h4,9-13,17-18,20H,1,5-8,14H2,2-3H3,(H,34,39)(H,32,36,37)/t18-,20+/m0/s1. The number of hydrogen-bond acceptors (Lipinski definition) is 9. The van der Waals surface area contributed by atoms with E-state index in [4.69, 9.17) is 47.4 Å². The summed E-state index contributed by atoms with van der Waals surface area (Å²) >= 11 is 13.5. The molecule has 1 aliphatic carbocycles. The van der Waals surface area contributed by atoms with Crippen LogP contribution in [0.25, 0.3) is 33.4 Å². The number of halogens is 2. The van der Waals surface area contributed by atoms with Gasteiger partial charge in [-0.1, -0.05) is 29.8 Å².